The van der Waals surface area contributed by atoms with Gasteiger partial charge < -0.3 is 5.32 Å². The predicted molar refractivity (Wildman–Crippen MR) is 109 cm³/mol. The van der Waals surface area contributed by atoms with Gasteiger partial charge in [-0.3, -0.25) is 14.7 Å². The van der Waals surface area contributed by atoms with Crippen molar-refractivity contribution in [2.75, 3.05) is 13.1 Å². The molecular weight excluding hydrogens is 358 g/mol. The molecule has 4 rings (SSSR count). The number of para-hydroxylation sites is 1. The van der Waals surface area contributed by atoms with Gasteiger partial charge in [-0.2, -0.15) is 0 Å². The van der Waals surface area contributed by atoms with Gasteiger partial charge in [0.2, 0.25) is 0 Å². The fourth-order valence-electron chi connectivity index (χ4n) is 3.68. The van der Waals surface area contributed by atoms with Gasteiger partial charge in [0.05, 0.1) is 11.1 Å². The van der Waals surface area contributed by atoms with Crippen molar-refractivity contribution in [1.82, 2.24) is 15.2 Å². The first-order valence-electron chi connectivity index (χ1n) is 9.32. The maximum absolute atomic E-state index is 13.2. The van der Waals surface area contributed by atoms with Gasteiger partial charge in [-0.15, -0.1) is 0 Å². The van der Waals surface area contributed by atoms with E-state index in [0.29, 0.717) is 11.6 Å². The second-order valence-electron chi connectivity index (χ2n) is 6.82. The Morgan fingerprint density at radius 2 is 1.96 bits per heavy atom. The lowest BCUT2D eigenvalue weighted by Crippen LogP contribution is -2.34. The second-order valence-corrected chi connectivity index (χ2v) is 7.23. The van der Waals surface area contributed by atoms with E-state index in [9.17, 15) is 4.79 Å². The van der Waals surface area contributed by atoms with Crippen LogP contribution in [0.1, 0.15) is 34.1 Å². The Kier molecular flexibility index (Phi) is 5.10. The molecule has 0 saturated heterocycles. The summed E-state index contributed by atoms with van der Waals surface area (Å²) in [5.74, 6) is -0.0669. The van der Waals surface area contributed by atoms with Crippen molar-refractivity contribution >= 4 is 28.4 Å². The number of fused-ring (bicyclic) bond motifs is 2. The van der Waals surface area contributed by atoms with Gasteiger partial charge in [0.1, 0.15) is 0 Å². The van der Waals surface area contributed by atoms with Crippen molar-refractivity contribution < 1.29 is 4.79 Å². The first-order chi connectivity index (χ1) is 13.2. The highest BCUT2D eigenvalue weighted by molar-refractivity contribution is 6.31. The Hall–Kier alpha value is -2.43. The summed E-state index contributed by atoms with van der Waals surface area (Å²) in [5.41, 5.74) is 4.64. The SMILES string of the molecule is CCN1CCc2nc3ccccc3c(C(=O)NCc3ccccc3Cl)c2C1. The van der Waals surface area contributed by atoms with Crippen LogP contribution in [0.25, 0.3) is 10.9 Å². The molecule has 3 aromatic rings. The lowest BCUT2D eigenvalue weighted by atomic mass is 9.95. The summed E-state index contributed by atoms with van der Waals surface area (Å²) in [6.45, 7) is 5.26. The predicted octanol–water partition coefficient (Wildman–Crippen LogP) is 4.20. The summed E-state index contributed by atoms with van der Waals surface area (Å²) < 4.78 is 0. The topological polar surface area (TPSA) is 45.2 Å². The molecule has 1 N–H and O–H groups in total. The number of likely N-dealkylation sites (N-methyl/N-ethyl adjacent to an activating group) is 1. The molecule has 0 saturated carbocycles. The van der Waals surface area contributed by atoms with Crippen LogP contribution in [0.3, 0.4) is 0 Å². The van der Waals surface area contributed by atoms with Crippen LogP contribution < -0.4 is 5.32 Å². The zero-order valence-electron chi connectivity index (χ0n) is 15.3. The van der Waals surface area contributed by atoms with E-state index in [1.165, 1.54) is 0 Å². The molecule has 138 valence electrons. The van der Waals surface area contributed by atoms with Gasteiger partial charge in [0.25, 0.3) is 5.91 Å². The lowest BCUT2D eigenvalue weighted by Gasteiger charge is -2.29. The van der Waals surface area contributed by atoms with Crippen LogP contribution in [0, 0.1) is 0 Å². The monoisotopic (exact) mass is 379 g/mol. The average molecular weight is 380 g/mol. The largest absolute Gasteiger partial charge is 0.348 e. The minimum atomic E-state index is -0.0669. The van der Waals surface area contributed by atoms with Gasteiger partial charge in [-0.1, -0.05) is 54.9 Å². The van der Waals surface area contributed by atoms with Gasteiger partial charge in [-0.25, -0.2) is 0 Å². The van der Waals surface area contributed by atoms with Crippen molar-refractivity contribution in [1.29, 1.82) is 0 Å². The molecule has 1 aliphatic heterocycles. The molecule has 0 aliphatic carbocycles. The first-order valence-corrected chi connectivity index (χ1v) is 9.69. The number of nitrogens with zero attached hydrogens (tertiary/aromatic N) is 2. The fourth-order valence-corrected chi connectivity index (χ4v) is 3.88. The number of carbonyl (C=O) groups is 1. The minimum Gasteiger partial charge on any atom is -0.348 e. The molecule has 0 unspecified atom stereocenters. The summed E-state index contributed by atoms with van der Waals surface area (Å²) in [7, 11) is 0. The summed E-state index contributed by atoms with van der Waals surface area (Å²) in [5, 5.41) is 4.63. The van der Waals surface area contributed by atoms with Crippen molar-refractivity contribution in [2.45, 2.75) is 26.4 Å². The molecule has 0 bridgehead atoms. The Labute approximate surface area is 164 Å². The molecule has 0 fully saturated rings. The zero-order valence-corrected chi connectivity index (χ0v) is 16.1. The fraction of sp³-hybridized carbons (Fsp3) is 0.273. The number of halogens is 1. The van der Waals surface area contributed by atoms with Crippen LogP contribution >= 0.6 is 11.6 Å². The van der Waals surface area contributed by atoms with Crippen LogP contribution in [-0.4, -0.2) is 28.9 Å². The quantitative estimate of drug-likeness (QED) is 0.739. The van der Waals surface area contributed by atoms with Crippen LogP contribution in [0.4, 0.5) is 0 Å². The molecule has 1 aliphatic rings. The molecule has 1 amide bonds. The van der Waals surface area contributed by atoms with E-state index >= 15 is 0 Å². The first kappa shape index (κ1) is 18.0. The van der Waals surface area contributed by atoms with Crippen LogP contribution in [-0.2, 0) is 19.5 Å². The Morgan fingerprint density at radius 3 is 2.78 bits per heavy atom. The Bertz CT molecular complexity index is 1000. The highest BCUT2D eigenvalue weighted by Crippen LogP contribution is 2.28. The average Bonchev–Trinajstić information content (AvgIpc) is 2.70. The van der Waals surface area contributed by atoms with Crippen molar-refractivity contribution in [3.05, 3.63) is 75.9 Å². The summed E-state index contributed by atoms with van der Waals surface area (Å²) in [6, 6.07) is 15.5. The third-order valence-corrected chi connectivity index (χ3v) is 5.57. The number of carbonyl (C=O) groups excluding carboxylic acids is 1. The zero-order chi connectivity index (χ0) is 18.8. The van der Waals surface area contributed by atoms with Crippen LogP contribution in [0.15, 0.2) is 48.5 Å². The lowest BCUT2D eigenvalue weighted by molar-refractivity contribution is 0.0949. The van der Waals surface area contributed by atoms with Crippen LogP contribution in [0.5, 0.6) is 0 Å². The molecule has 0 atom stereocenters. The normalized spacial score (nSPS) is 14.1. The number of aromatic nitrogens is 1. The number of hydrogen-bond acceptors (Lipinski definition) is 3. The molecular formula is C22H22ClN3O. The summed E-state index contributed by atoms with van der Waals surface area (Å²) in [4.78, 5) is 20.4. The van der Waals surface area contributed by atoms with Crippen molar-refractivity contribution in [3.8, 4) is 0 Å². The van der Waals surface area contributed by atoms with E-state index in [4.69, 9.17) is 16.6 Å². The van der Waals surface area contributed by atoms with Gasteiger partial charge in [0, 0.05) is 47.7 Å². The van der Waals surface area contributed by atoms with Gasteiger partial charge in [0.15, 0.2) is 0 Å². The molecule has 2 aromatic carbocycles. The standard InChI is InChI=1S/C22H22ClN3O/c1-2-26-12-11-20-17(14-26)21(16-8-4-6-10-19(16)25-20)22(27)24-13-15-7-3-5-9-18(15)23/h3-10H,2,11-14H2,1H3,(H,24,27). The number of nitrogens with one attached hydrogen (secondary N) is 1. The third-order valence-electron chi connectivity index (χ3n) is 5.20. The Morgan fingerprint density at radius 1 is 1.19 bits per heavy atom. The van der Waals surface area contributed by atoms with E-state index in [1.807, 2.05) is 48.5 Å². The van der Waals surface area contributed by atoms with E-state index in [1.54, 1.807) is 0 Å². The molecule has 1 aromatic heterocycles. The molecule has 27 heavy (non-hydrogen) atoms. The smallest absolute Gasteiger partial charge is 0.252 e. The molecule has 2 heterocycles. The van der Waals surface area contributed by atoms with Crippen molar-refractivity contribution in [3.63, 3.8) is 0 Å². The maximum atomic E-state index is 13.2. The minimum absolute atomic E-state index is 0.0669. The number of amides is 1. The molecule has 0 spiro atoms. The summed E-state index contributed by atoms with van der Waals surface area (Å²) in [6.07, 6.45) is 0.874. The van der Waals surface area contributed by atoms with Gasteiger partial charge >= 0.3 is 0 Å². The highest BCUT2D eigenvalue weighted by Gasteiger charge is 2.25. The van der Waals surface area contributed by atoms with Crippen molar-refractivity contribution in [2.24, 2.45) is 0 Å². The van der Waals surface area contributed by atoms with Gasteiger partial charge in [-0.05, 0) is 24.2 Å². The summed E-state index contributed by atoms with van der Waals surface area (Å²) >= 11 is 6.23. The number of hydrogen-bond donors (Lipinski definition) is 1. The van der Waals surface area contributed by atoms with E-state index in [2.05, 4.69) is 17.1 Å². The molecule has 0 radical (unpaired) electrons. The van der Waals surface area contributed by atoms with E-state index in [0.717, 1.165) is 59.3 Å². The highest BCUT2D eigenvalue weighted by atomic mass is 35.5. The Balaban J connectivity index is 1.73. The van der Waals surface area contributed by atoms with E-state index < -0.39 is 0 Å². The number of benzene rings is 2. The third kappa shape index (κ3) is 3.55. The van der Waals surface area contributed by atoms with E-state index in [-0.39, 0.29) is 5.91 Å². The number of rotatable bonds is 4. The molecule has 5 heteroatoms. The molecule has 4 nitrogen and oxygen atoms in total. The maximum Gasteiger partial charge on any atom is 0.252 e. The second kappa shape index (κ2) is 7.67. The number of pyridine rings is 1. The van der Waals surface area contributed by atoms with Crippen LogP contribution in [0.2, 0.25) is 5.02 Å².